The van der Waals surface area contributed by atoms with Crippen molar-refractivity contribution in [3.63, 3.8) is 0 Å². The summed E-state index contributed by atoms with van der Waals surface area (Å²) in [6.45, 7) is 1.99. The summed E-state index contributed by atoms with van der Waals surface area (Å²) in [5.74, 6) is 0.765. The van der Waals surface area contributed by atoms with E-state index >= 15 is 0 Å². The van der Waals surface area contributed by atoms with Crippen LogP contribution in [-0.2, 0) is 4.79 Å². The summed E-state index contributed by atoms with van der Waals surface area (Å²) in [5.41, 5.74) is 3.04. The van der Waals surface area contributed by atoms with Gasteiger partial charge in [-0.15, -0.1) is 0 Å². The third-order valence-corrected chi connectivity index (χ3v) is 3.33. The minimum absolute atomic E-state index is 0.139. The van der Waals surface area contributed by atoms with Crippen LogP contribution in [0, 0.1) is 12.8 Å². The molecule has 2 N–H and O–H groups in total. The van der Waals surface area contributed by atoms with Crippen molar-refractivity contribution in [2.24, 2.45) is 5.92 Å². The van der Waals surface area contributed by atoms with Crippen molar-refractivity contribution < 1.29 is 4.79 Å². The number of anilines is 1. The van der Waals surface area contributed by atoms with Gasteiger partial charge in [0, 0.05) is 23.0 Å². The van der Waals surface area contributed by atoms with Crippen LogP contribution in [0.1, 0.15) is 25.0 Å². The number of carbonyl (C=O) groups is 1. The number of aryl methyl sites for hydroxylation is 1. The Labute approximate surface area is 100 Å². The van der Waals surface area contributed by atoms with Crippen molar-refractivity contribution in [2.45, 2.75) is 26.2 Å². The molecule has 3 nitrogen and oxygen atoms in total. The fourth-order valence-corrected chi connectivity index (χ4v) is 2.21. The molecule has 1 fully saturated rings. The van der Waals surface area contributed by atoms with Crippen molar-refractivity contribution in [1.82, 2.24) is 4.98 Å². The Bertz CT molecular complexity index is 567. The molecule has 1 heterocycles. The van der Waals surface area contributed by atoms with Gasteiger partial charge < -0.3 is 10.3 Å². The van der Waals surface area contributed by atoms with Gasteiger partial charge in [-0.1, -0.05) is 18.2 Å². The highest BCUT2D eigenvalue weighted by Gasteiger charge is 2.24. The lowest BCUT2D eigenvalue weighted by Gasteiger charge is -2.04. The van der Waals surface area contributed by atoms with E-state index in [1.165, 1.54) is 12.8 Å². The normalized spacial score (nSPS) is 15.1. The molecule has 0 saturated heterocycles. The molecule has 1 saturated carbocycles. The predicted molar refractivity (Wildman–Crippen MR) is 69.0 cm³/mol. The van der Waals surface area contributed by atoms with Crippen LogP contribution in [0.2, 0.25) is 0 Å². The number of hydrogen-bond donors (Lipinski definition) is 2. The number of carbonyl (C=O) groups excluding carboxylic acids is 1. The van der Waals surface area contributed by atoms with Gasteiger partial charge in [-0.05, 0) is 31.7 Å². The number of fused-ring (bicyclic) bond motifs is 1. The molecule has 1 aromatic heterocycles. The summed E-state index contributed by atoms with van der Waals surface area (Å²) < 4.78 is 0. The monoisotopic (exact) mass is 228 g/mol. The van der Waals surface area contributed by atoms with E-state index < -0.39 is 0 Å². The van der Waals surface area contributed by atoms with E-state index in [2.05, 4.69) is 10.3 Å². The van der Waals surface area contributed by atoms with Crippen LogP contribution in [0.4, 0.5) is 5.69 Å². The van der Waals surface area contributed by atoms with Gasteiger partial charge in [-0.25, -0.2) is 0 Å². The van der Waals surface area contributed by atoms with E-state index in [1.807, 2.05) is 31.2 Å². The van der Waals surface area contributed by atoms with Gasteiger partial charge in [-0.2, -0.15) is 0 Å². The Balaban J connectivity index is 1.87. The number of hydrogen-bond acceptors (Lipinski definition) is 1. The lowest BCUT2D eigenvalue weighted by atomic mass is 10.2. The standard InChI is InChI=1S/C14H16N2O/c1-9-14(16-13(17)8-10-6-7-10)11-4-2-3-5-12(11)15-9/h2-5,10,15H,6-8H2,1H3,(H,16,17). The van der Waals surface area contributed by atoms with E-state index in [1.54, 1.807) is 0 Å². The van der Waals surface area contributed by atoms with Crippen molar-refractivity contribution in [3.05, 3.63) is 30.0 Å². The molecule has 3 rings (SSSR count). The fourth-order valence-electron chi connectivity index (χ4n) is 2.21. The molecule has 0 radical (unpaired) electrons. The van der Waals surface area contributed by atoms with Gasteiger partial charge in [0.15, 0.2) is 0 Å². The molecule has 0 bridgehead atoms. The average molecular weight is 228 g/mol. The highest BCUT2D eigenvalue weighted by atomic mass is 16.1. The van der Waals surface area contributed by atoms with E-state index in [-0.39, 0.29) is 5.91 Å². The Morgan fingerprint density at radius 1 is 1.41 bits per heavy atom. The van der Waals surface area contributed by atoms with Crippen LogP contribution in [0.3, 0.4) is 0 Å². The van der Waals surface area contributed by atoms with Crippen LogP contribution in [0.5, 0.6) is 0 Å². The van der Waals surface area contributed by atoms with Crippen LogP contribution in [-0.4, -0.2) is 10.9 Å². The number of para-hydroxylation sites is 1. The van der Waals surface area contributed by atoms with E-state index in [0.717, 1.165) is 22.3 Å². The van der Waals surface area contributed by atoms with Gasteiger partial charge in [-0.3, -0.25) is 4.79 Å². The minimum Gasteiger partial charge on any atom is -0.357 e. The lowest BCUT2D eigenvalue weighted by molar-refractivity contribution is -0.116. The van der Waals surface area contributed by atoms with Gasteiger partial charge >= 0.3 is 0 Å². The Hall–Kier alpha value is -1.77. The van der Waals surface area contributed by atoms with Gasteiger partial charge in [0.1, 0.15) is 0 Å². The summed E-state index contributed by atoms with van der Waals surface area (Å²) >= 11 is 0. The first-order valence-electron chi connectivity index (χ1n) is 6.11. The largest absolute Gasteiger partial charge is 0.357 e. The van der Waals surface area contributed by atoms with Crippen molar-refractivity contribution in [2.75, 3.05) is 5.32 Å². The number of H-pyrrole nitrogens is 1. The van der Waals surface area contributed by atoms with Crippen LogP contribution >= 0.6 is 0 Å². The minimum atomic E-state index is 0.139. The second-order valence-electron chi connectivity index (χ2n) is 4.87. The molecule has 88 valence electrons. The van der Waals surface area contributed by atoms with Crippen LogP contribution in [0.25, 0.3) is 10.9 Å². The fraction of sp³-hybridized carbons (Fsp3) is 0.357. The molecule has 1 aromatic carbocycles. The zero-order valence-corrected chi connectivity index (χ0v) is 9.92. The molecule has 3 heteroatoms. The third-order valence-electron chi connectivity index (χ3n) is 3.33. The predicted octanol–water partition coefficient (Wildman–Crippen LogP) is 3.21. The number of amides is 1. The lowest BCUT2D eigenvalue weighted by Crippen LogP contribution is -2.12. The first kappa shape index (κ1) is 10.4. The van der Waals surface area contributed by atoms with Crippen molar-refractivity contribution in [3.8, 4) is 0 Å². The maximum absolute atomic E-state index is 11.8. The quantitative estimate of drug-likeness (QED) is 0.832. The average Bonchev–Trinajstić information content (AvgIpc) is 3.05. The second-order valence-corrected chi connectivity index (χ2v) is 4.87. The first-order valence-corrected chi connectivity index (χ1v) is 6.11. The highest BCUT2D eigenvalue weighted by molar-refractivity contribution is 6.03. The summed E-state index contributed by atoms with van der Waals surface area (Å²) in [6, 6.07) is 8.05. The molecular formula is C14H16N2O. The van der Waals surface area contributed by atoms with E-state index in [0.29, 0.717) is 12.3 Å². The summed E-state index contributed by atoms with van der Waals surface area (Å²) in [6.07, 6.45) is 3.08. The molecule has 0 unspecified atom stereocenters. The number of nitrogens with one attached hydrogen (secondary N) is 2. The van der Waals surface area contributed by atoms with Crippen LogP contribution in [0.15, 0.2) is 24.3 Å². The maximum Gasteiger partial charge on any atom is 0.224 e. The number of aromatic amines is 1. The molecule has 1 aliphatic carbocycles. The molecular weight excluding hydrogens is 212 g/mol. The maximum atomic E-state index is 11.8. The zero-order chi connectivity index (χ0) is 11.8. The molecule has 0 aliphatic heterocycles. The van der Waals surface area contributed by atoms with Crippen molar-refractivity contribution >= 4 is 22.5 Å². The Morgan fingerprint density at radius 3 is 2.94 bits per heavy atom. The Morgan fingerprint density at radius 2 is 2.18 bits per heavy atom. The van der Waals surface area contributed by atoms with Gasteiger partial charge in [0.05, 0.1) is 5.69 Å². The molecule has 17 heavy (non-hydrogen) atoms. The van der Waals surface area contributed by atoms with Gasteiger partial charge in [0.2, 0.25) is 5.91 Å². The van der Waals surface area contributed by atoms with Gasteiger partial charge in [0.25, 0.3) is 0 Å². The van der Waals surface area contributed by atoms with Crippen molar-refractivity contribution in [1.29, 1.82) is 0 Å². The zero-order valence-electron chi connectivity index (χ0n) is 9.92. The summed E-state index contributed by atoms with van der Waals surface area (Å²) in [4.78, 5) is 15.1. The number of benzene rings is 1. The Kier molecular flexibility index (Phi) is 2.39. The molecule has 0 spiro atoms. The topological polar surface area (TPSA) is 44.9 Å². The molecule has 1 amide bonds. The summed E-state index contributed by atoms with van der Waals surface area (Å²) in [5, 5.41) is 4.13. The molecule has 2 aromatic rings. The summed E-state index contributed by atoms with van der Waals surface area (Å²) in [7, 11) is 0. The second kappa shape index (κ2) is 3.91. The number of rotatable bonds is 3. The third kappa shape index (κ3) is 2.05. The molecule has 1 aliphatic rings. The van der Waals surface area contributed by atoms with E-state index in [4.69, 9.17) is 0 Å². The smallest absolute Gasteiger partial charge is 0.224 e. The highest BCUT2D eigenvalue weighted by Crippen LogP contribution is 2.33. The molecule has 0 atom stereocenters. The first-order chi connectivity index (χ1) is 8.24. The van der Waals surface area contributed by atoms with Crippen LogP contribution < -0.4 is 5.32 Å². The van der Waals surface area contributed by atoms with E-state index in [9.17, 15) is 4.79 Å². The number of aromatic nitrogens is 1. The SMILES string of the molecule is Cc1[nH]c2ccccc2c1NC(=O)CC1CC1.